The molecule has 2 rings (SSSR count). The minimum atomic E-state index is -4.07. The van der Waals surface area contributed by atoms with E-state index in [2.05, 4.69) is 4.72 Å². The number of carbonyl (C=O) groups is 1. The van der Waals surface area contributed by atoms with Crippen LogP contribution in [0.4, 0.5) is 0 Å². The number of furan rings is 1. The largest absolute Gasteiger partial charge is 0.478 e. The van der Waals surface area contributed by atoms with Crippen LogP contribution in [0.2, 0.25) is 5.02 Å². The highest BCUT2D eigenvalue weighted by Gasteiger charge is 2.31. The quantitative estimate of drug-likeness (QED) is 0.855. The lowest BCUT2D eigenvalue weighted by Gasteiger charge is -2.15. The second kappa shape index (κ2) is 6.35. The maximum Gasteiger partial charge on any atom is 0.340 e. The molecule has 0 bridgehead atoms. The number of carboxylic acids is 1. The number of aryl methyl sites for hydroxylation is 2. The normalized spacial score (nSPS) is 13.0. The van der Waals surface area contributed by atoms with Gasteiger partial charge in [-0.1, -0.05) is 23.7 Å². The summed E-state index contributed by atoms with van der Waals surface area (Å²) in [6.07, 6.45) is 0. The Morgan fingerprint density at radius 3 is 2.52 bits per heavy atom. The fraction of sp³-hybridized carbons (Fsp3) is 0.267. The van der Waals surface area contributed by atoms with Gasteiger partial charge in [-0.15, -0.1) is 0 Å². The van der Waals surface area contributed by atoms with Crippen molar-refractivity contribution in [1.29, 1.82) is 0 Å². The van der Waals surface area contributed by atoms with Gasteiger partial charge in [-0.05, 0) is 38.5 Å². The van der Waals surface area contributed by atoms with Crippen LogP contribution in [-0.4, -0.2) is 19.5 Å². The molecular weight excluding hydrogens is 342 g/mol. The van der Waals surface area contributed by atoms with Crippen LogP contribution in [0.1, 0.15) is 40.4 Å². The second-order valence-electron chi connectivity index (χ2n) is 5.12. The Kier molecular flexibility index (Phi) is 4.84. The summed E-state index contributed by atoms with van der Waals surface area (Å²) in [4.78, 5) is 11.0. The summed E-state index contributed by atoms with van der Waals surface area (Å²) < 4.78 is 32.8. The third kappa shape index (κ3) is 3.57. The van der Waals surface area contributed by atoms with Crippen molar-refractivity contribution >= 4 is 27.6 Å². The molecule has 0 saturated heterocycles. The van der Waals surface area contributed by atoms with Gasteiger partial charge in [0, 0.05) is 11.1 Å². The van der Waals surface area contributed by atoms with E-state index in [0.29, 0.717) is 10.6 Å². The third-order valence-electron chi connectivity index (χ3n) is 3.37. The highest BCUT2D eigenvalue weighted by molar-refractivity contribution is 7.89. The van der Waals surface area contributed by atoms with Crippen molar-refractivity contribution in [3.05, 3.63) is 51.9 Å². The van der Waals surface area contributed by atoms with Crippen molar-refractivity contribution in [3.8, 4) is 0 Å². The minimum Gasteiger partial charge on any atom is -0.478 e. The van der Waals surface area contributed by atoms with E-state index < -0.39 is 22.0 Å². The molecule has 2 N–H and O–H groups in total. The van der Waals surface area contributed by atoms with Gasteiger partial charge in [0.1, 0.15) is 22.0 Å². The second-order valence-corrected chi connectivity index (χ2v) is 7.21. The Balaban J connectivity index is 2.42. The van der Waals surface area contributed by atoms with Gasteiger partial charge in [0.05, 0.1) is 0 Å². The molecule has 23 heavy (non-hydrogen) atoms. The SMILES string of the molecule is Cc1oc(C)c(S(=O)(=O)NC(C)c2cccc(Cl)c2)c1C(=O)O. The smallest absolute Gasteiger partial charge is 0.340 e. The van der Waals surface area contributed by atoms with Gasteiger partial charge in [-0.2, -0.15) is 0 Å². The number of sulfonamides is 1. The van der Waals surface area contributed by atoms with Crippen LogP contribution in [0.25, 0.3) is 0 Å². The lowest BCUT2D eigenvalue weighted by Crippen LogP contribution is -2.28. The van der Waals surface area contributed by atoms with E-state index in [1.807, 2.05) is 0 Å². The van der Waals surface area contributed by atoms with Crippen LogP contribution in [0.3, 0.4) is 0 Å². The van der Waals surface area contributed by atoms with E-state index >= 15 is 0 Å². The topological polar surface area (TPSA) is 96.6 Å². The molecule has 6 nitrogen and oxygen atoms in total. The Morgan fingerprint density at radius 1 is 1.30 bits per heavy atom. The minimum absolute atomic E-state index is 0.0331. The first-order valence-electron chi connectivity index (χ1n) is 6.74. The molecule has 0 amide bonds. The first-order valence-corrected chi connectivity index (χ1v) is 8.60. The predicted molar refractivity (Wildman–Crippen MR) is 85.3 cm³/mol. The van der Waals surface area contributed by atoms with Crippen LogP contribution in [0.5, 0.6) is 0 Å². The standard InChI is InChI=1S/C15H16ClNO5S/c1-8(11-5-4-6-12(16)7-11)17-23(20,21)14-10(3)22-9(2)13(14)15(18)19/h4-8,17H,1-3H3,(H,18,19). The van der Waals surface area contributed by atoms with Crippen LogP contribution in [-0.2, 0) is 10.0 Å². The van der Waals surface area contributed by atoms with Crippen molar-refractivity contribution in [2.75, 3.05) is 0 Å². The van der Waals surface area contributed by atoms with E-state index in [1.165, 1.54) is 13.8 Å². The van der Waals surface area contributed by atoms with Crippen molar-refractivity contribution in [3.63, 3.8) is 0 Å². The average molecular weight is 358 g/mol. The lowest BCUT2D eigenvalue weighted by atomic mass is 10.1. The van der Waals surface area contributed by atoms with Crippen molar-refractivity contribution in [2.45, 2.75) is 31.7 Å². The summed E-state index contributed by atoms with van der Waals surface area (Å²) in [5.41, 5.74) is 0.309. The van der Waals surface area contributed by atoms with Gasteiger partial charge in [0.25, 0.3) is 0 Å². The number of hydrogen-bond donors (Lipinski definition) is 2. The molecular formula is C15H16ClNO5S. The summed E-state index contributed by atoms with van der Waals surface area (Å²) >= 11 is 5.90. The zero-order valence-corrected chi connectivity index (χ0v) is 14.3. The van der Waals surface area contributed by atoms with Crippen molar-refractivity contribution in [2.24, 2.45) is 0 Å². The Bertz CT molecular complexity index is 857. The Labute approximate surface area is 139 Å². The van der Waals surface area contributed by atoms with E-state index in [-0.39, 0.29) is 22.0 Å². The van der Waals surface area contributed by atoms with E-state index in [4.69, 9.17) is 16.0 Å². The highest BCUT2D eigenvalue weighted by atomic mass is 35.5. The third-order valence-corrected chi connectivity index (χ3v) is 5.30. The highest BCUT2D eigenvalue weighted by Crippen LogP contribution is 2.28. The van der Waals surface area contributed by atoms with Gasteiger partial charge < -0.3 is 9.52 Å². The van der Waals surface area contributed by atoms with Crippen LogP contribution in [0.15, 0.2) is 33.6 Å². The van der Waals surface area contributed by atoms with Crippen molar-refractivity contribution in [1.82, 2.24) is 4.72 Å². The summed E-state index contributed by atoms with van der Waals surface area (Å²) in [7, 11) is -4.07. The lowest BCUT2D eigenvalue weighted by molar-refractivity contribution is 0.0691. The zero-order valence-electron chi connectivity index (χ0n) is 12.8. The van der Waals surface area contributed by atoms with Crippen LogP contribution in [0, 0.1) is 13.8 Å². The number of carboxylic acid groups (broad SMARTS) is 1. The van der Waals surface area contributed by atoms with Gasteiger partial charge in [0.2, 0.25) is 10.0 Å². The summed E-state index contributed by atoms with van der Waals surface area (Å²) in [6.45, 7) is 4.47. The predicted octanol–water partition coefficient (Wildman–Crippen LogP) is 3.29. The maximum absolute atomic E-state index is 12.6. The van der Waals surface area contributed by atoms with Gasteiger partial charge in [-0.3, -0.25) is 0 Å². The van der Waals surface area contributed by atoms with Crippen molar-refractivity contribution < 1.29 is 22.7 Å². The number of rotatable bonds is 5. The summed E-state index contributed by atoms with van der Waals surface area (Å²) in [5, 5.41) is 9.72. The molecule has 0 aliphatic carbocycles. The molecule has 0 aliphatic rings. The summed E-state index contributed by atoms with van der Waals surface area (Å²) in [5.74, 6) is -1.27. The molecule has 1 heterocycles. The molecule has 0 radical (unpaired) electrons. The molecule has 0 saturated carbocycles. The van der Waals surface area contributed by atoms with E-state index in [9.17, 15) is 18.3 Å². The monoisotopic (exact) mass is 357 g/mol. The van der Waals surface area contributed by atoms with Gasteiger partial charge >= 0.3 is 5.97 Å². The molecule has 0 spiro atoms. The molecule has 2 aromatic rings. The Hall–Kier alpha value is -1.83. The fourth-order valence-electron chi connectivity index (χ4n) is 2.37. The number of benzene rings is 1. The first-order chi connectivity index (χ1) is 10.6. The first kappa shape index (κ1) is 17.5. The van der Waals surface area contributed by atoms with E-state index in [0.717, 1.165) is 0 Å². The van der Waals surface area contributed by atoms with Crippen LogP contribution < -0.4 is 4.72 Å². The van der Waals surface area contributed by atoms with Gasteiger partial charge in [0.15, 0.2) is 0 Å². The molecule has 8 heteroatoms. The molecule has 124 valence electrons. The average Bonchev–Trinajstić information content (AvgIpc) is 2.73. The molecule has 1 atom stereocenters. The number of hydrogen-bond acceptors (Lipinski definition) is 4. The van der Waals surface area contributed by atoms with E-state index in [1.54, 1.807) is 31.2 Å². The van der Waals surface area contributed by atoms with Crippen LogP contribution >= 0.6 is 11.6 Å². The molecule has 1 aromatic carbocycles. The maximum atomic E-state index is 12.6. The number of aromatic carboxylic acids is 1. The molecule has 1 aromatic heterocycles. The fourth-order valence-corrected chi connectivity index (χ4v) is 4.21. The summed E-state index contributed by atoms with van der Waals surface area (Å²) in [6, 6.07) is 6.16. The zero-order chi connectivity index (χ0) is 17.4. The molecule has 1 unspecified atom stereocenters. The number of nitrogens with one attached hydrogen (secondary N) is 1. The Morgan fingerprint density at radius 2 is 1.96 bits per heavy atom. The molecule has 0 aliphatic heterocycles. The molecule has 0 fully saturated rings. The number of halogens is 1. The van der Waals surface area contributed by atoms with Gasteiger partial charge in [-0.25, -0.2) is 17.9 Å².